The van der Waals surface area contributed by atoms with Gasteiger partial charge in [0.2, 0.25) is 0 Å². The molecule has 0 aliphatic heterocycles. The van der Waals surface area contributed by atoms with Crippen molar-refractivity contribution in [2.24, 2.45) is 0 Å². The number of carbonyl (C=O) groups is 1. The van der Waals surface area contributed by atoms with E-state index in [0.717, 1.165) is 10.8 Å². The summed E-state index contributed by atoms with van der Waals surface area (Å²) in [4.78, 5) is 30.3. The third-order valence-corrected chi connectivity index (χ3v) is 5.99. The molecule has 0 unspecified atom stereocenters. The van der Waals surface area contributed by atoms with Gasteiger partial charge in [-0.2, -0.15) is 0 Å². The third-order valence-electron chi connectivity index (χ3n) is 5.35. The highest BCUT2D eigenvalue weighted by atomic mass is 79.9. The van der Waals surface area contributed by atoms with Gasteiger partial charge in [-0.15, -0.1) is 0 Å². The van der Waals surface area contributed by atoms with Crippen molar-refractivity contribution in [2.75, 3.05) is 23.0 Å². The molecule has 2 amide bonds. The number of nitrogens with one attached hydrogen (secondary N) is 3. The first-order valence-corrected chi connectivity index (χ1v) is 11.4. The summed E-state index contributed by atoms with van der Waals surface area (Å²) in [6.07, 6.45) is 3.36. The summed E-state index contributed by atoms with van der Waals surface area (Å²) < 4.78 is 16.5. The number of benzene rings is 2. The lowest BCUT2D eigenvalue weighted by atomic mass is 9.99. The number of anilines is 3. The monoisotopic (exact) mass is 523 g/mol. The van der Waals surface area contributed by atoms with Gasteiger partial charge in [0.1, 0.15) is 11.6 Å². The molecule has 174 valence electrons. The van der Waals surface area contributed by atoms with Crippen molar-refractivity contribution >= 4 is 49.9 Å². The Balaban J connectivity index is 1.80. The molecule has 0 spiro atoms. The fraction of sp³-hybridized carbons (Fsp3) is 0.160. The zero-order valence-electron chi connectivity index (χ0n) is 18.8. The Morgan fingerprint density at radius 1 is 1.12 bits per heavy atom. The van der Waals surface area contributed by atoms with Crippen molar-refractivity contribution in [3.8, 4) is 5.69 Å². The van der Waals surface area contributed by atoms with Gasteiger partial charge in [0.15, 0.2) is 0 Å². The molecule has 2 heterocycles. The predicted octanol–water partition coefficient (Wildman–Crippen LogP) is 6.10. The van der Waals surface area contributed by atoms with Gasteiger partial charge in [-0.05, 0) is 57.6 Å². The van der Waals surface area contributed by atoms with Crippen LogP contribution in [0.25, 0.3) is 16.5 Å². The highest BCUT2D eigenvalue weighted by Gasteiger charge is 2.18. The first-order chi connectivity index (χ1) is 16.3. The van der Waals surface area contributed by atoms with E-state index in [-0.39, 0.29) is 17.2 Å². The van der Waals surface area contributed by atoms with Crippen LogP contribution in [-0.4, -0.2) is 22.6 Å². The SMILES string of the molecule is CNc1cc2c(C(C)C)c(=O)n(-c3cc(NC(=O)Nc4ccccc4)c(F)cc3Br)cc2cn1. The second kappa shape index (κ2) is 9.64. The van der Waals surface area contributed by atoms with Crippen LogP contribution in [0.3, 0.4) is 0 Å². The third kappa shape index (κ3) is 4.65. The maximum absolute atomic E-state index is 14.7. The molecule has 4 rings (SSSR count). The summed E-state index contributed by atoms with van der Waals surface area (Å²) in [5, 5.41) is 9.73. The average molecular weight is 524 g/mol. The van der Waals surface area contributed by atoms with Crippen LogP contribution in [0.4, 0.5) is 26.4 Å². The van der Waals surface area contributed by atoms with Crippen LogP contribution in [-0.2, 0) is 0 Å². The Kier molecular flexibility index (Phi) is 6.65. The van der Waals surface area contributed by atoms with E-state index in [2.05, 4.69) is 36.9 Å². The van der Waals surface area contributed by atoms with Crippen molar-refractivity contribution in [3.63, 3.8) is 0 Å². The molecule has 3 N–H and O–H groups in total. The Morgan fingerprint density at radius 3 is 2.53 bits per heavy atom. The zero-order chi connectivity index (χ0) is 24.4. The Morgan fingerprint density at radius 2 is 1.85 bits per heavy atom. The standard InChI is InChI=1S/C25H23BrFN5O2/c1-14(2)23-17-9-22(28-3)29-12-15(17)13-32(24(23)33)21-11-20(19(27)10-18(21)26)31-25(34)30-16-7-5-4-6-8-16/h4-14,28H,1-3H3,(H2,30,31,34). The number of pyridine rings is 2. The number of rotatable bonds is 5. The summed E-state index contributed by atoms with van der Waals surface area (Å²) in [5.41, 5.74) is 1.28. The summed E-state index contributed by atoms with van der Waals surface area (Å²) in [6.45, 7) is 3.89. The van der Waals surface area contributed by atoms with Crippen molar-refractivity contribution in [2.45, 2.75) is 19.8 Å². The molecule has 0 fully saturated rings. The molecule has 0 saturated heterocycles. The van der Waals surface area contributed by atoms with Crippen LogP contribution in [0.15, 0.2) is 70.2 Å². The van der Waals surface area contributed by atoms with E-state index in [4.69, 9.17) is 0 Å². The Hall–Kier alpha value is -3.72. The average Bonchev–Trinajstić information content (AvgIpc) is 2.80. The smallest absolute Gasteiger partial charge is 0.323 e. The molecular weight excluding hydrogens is 501 g/mol. The maximum atomic E-state index is 14.7. The van der Waals surface area contributed by atoms with E-state index in [1.165, 1.54) is 16.7 Å². The van der Waals surface area contributed by atoms with E-state index >= 15 is 0 Å². The number of hydrogen-bond donors (Lipinski definition) is 3. The number of fused-ring (bicyclic) bond motifs is 1. The lowest BCUT2D eigenvalue weighted by Gasteiger charge is -2.17. The van der Waals surface area contributed by atoms with E-state index < -0.39 is 11.8 Å². The molecule has 2 aromatic carbocycles. The van der Waals surface area contributed by atoms with Crippen LogP contribution >= 0.6 is 15.9 Å². The number of urea groups is 1. The molecule has 9 heteroatoms. The molecule has 34 heavy (non-hydrogen) atoms. The van der Waals surface area contributed by atoms with Gasteiger partial charge in [0.25, 0.3) is 5.56 Å². The van der Waals surface area contributed by atoms with Gasteiger partial charge in [-0.1, -0.05) is 32.0 Å². The first-order valence-electron chi connectivity index (χ1n) is 10.6. The fourth-order valence-electron chi connectivity index (χ4n) is 3.74. The molecule has 7 nitrogen and oxygen atoms in total. The number of hydrogen-bond acceptors (Lipinski definition) is 4. The van der Waals surface area contributed by atoms with Gasteiger partial charge in [-0.25, -0.2) is 14.2 Å². The molecule has 0 bridgehead atoms. The Labute approximate surface area is 204 Å². The van der Waals surface area contributed by atoms with E-state index in [1.54, 1.807) is 43.7 Å². The summed E-state index contributed by atoms with van der Waals surface area (Å²) in [5.74, 6) is -0.0504. The molecule has 0 saturated carbocycles. The highest BCUT2D eigenvalue weighted by Crippen LogP contribution is 2.30. The molecule has 0 atom stereocenters. The maximum Gasteiger partial charge on any atom is 0.323 e. The Bertz CT molecular complexity index is 1440. The minimum atomic E-state index is -0.642. The van der Waals surface area contributed by atoms with Crippen LogP contribution < -0.4 is 21.5 Å². The van der Waals surface area contributed by atoms with Crippen LogP contribution in [0.1, 0.15) is 25.3 Å². The van der Waals surface area contributed by atoms with Crippen molar-refractivity contribution in [1.29, 1.82) is 0 Å². The van der Waals surface area contributed by atoms with Crippen LogP contribution in [0.2, 0.25) is 0 Å². The second-order valence-electron chi connectivity index (χ2n) is 8.01. The van der Waals surface area contributed by atoms with Crippen molar-refractivity contribution < 1.29 is 9.18 Å². The summed E-state index contributed by atoms with van der Waals surface area (Å²) >= 11 is 3.37. The van der Waals surface area contributed by atoms with E-state index in [9.17, 15) is 14.0 Å². The van der Waals surface area contributed by atoms with Gasteiger partial charge < -0.3 is 16.0 Å². The van der Waals surface area contributed by atoms with Crippen molar-refractivity contribution in [3.05, 3.63) is 87.1 Å². The second-order valence-corrected chi connectivity index (χ2v) is 8.86. The predicted molar refractivity (Wildman–Crippen MR) is 138 cm³/mol. The molecular formula is C25H23BrFN5O2. The summed E-state index contributed by atoms with van der Waals surface area (Å²) in [6, 6.07) is 12.7. The topological polar surface area (TPSA) is 88.0 Å². The fourth-order valence-corrected chi connectivity index (χ4v) is 4.25. The van der Waals surface area contributed by atoms with Crippen LogP contribution in [0.5, 0.6) is 0 Å². The minimum Gasteiger partial charge on any atom is -0.373 e. The number of amides is 2. The normalized spacial score (nSPS) is 11.0. The molecule has 0 aliphatic carbocycles. The lowest BCUT2D eigenvalue weighted by Crippen LogP contribution is -2.24. The molecule has 4 aromatic rings. The van der Waals surface area contributed by atoms with Crippen molar-refractivity contribution in [1.82, 2.24) is 9.55 Å². The number of para-hydroxylation sites is 1. The molecule has 0 radical (unpaired) electrons. The molecule has 2 aromatic heterocycles. The number of nitrogens with zero attached hydrogens (tertiary/aromatic N) is 2. The minimum absolute atomic E-state index is 0.0617. The zero-order valence-corrected chi connectivity index (χ0v) is 20.4. The number of carbonyl (C=O) groups excluding carboxylic acids is 1. The van der Waals surface area contributed by atoms with Gasteiger partial charge in [0.05, 0.1) is 11.4 Å². The number of halogens is 2. The van der Waals surface area contributed by atoms with Gasteiger partial charge in [0, 0.05) is 40.6 Å². The lowest BCUT2D eigenvalue weighted by molar-refractivity contribution is 0.262. The number of aromatic nitrogens is 2. The van der Waals surface area contributed by atoms with Gasteiger partial charge in [-0.3, -0.25) is 9.36 Å². The first kappa shape index (κ1) is 23.4. The van der Waals surface area contributed by atoms with E-state index in [0.29, 0.717) is 27.2 Å². The highest BCUT2D eigenvalue weighted by molar-refractivity contribution is 9.10. The van der Waals surface area contributed by atoms with Crippen LogP contribution in [0, 0.1) is 5.82 Å². The molecule has 0 aliphatic rings. The largest absolute Gasteiger partial charge is 0.373 e. The van der Waals surface area contributed by atoms with E-state index in [1.807, 2.05) is 26.0 Å². The quantitative estimate of drug-likeness (QED) is 0.295. The van der Waals surface area contributed by atoms with Gasteiger partial charge >= 0.3 is 6.03 Å². The summed E-state index contributed by atoms with van der Waals surface area (Å²) in [7, 11) is 1.77.